The highest BCUT2D eigenvalue weighted by Gasteiger charge is 2.25. The summed E-state index contributed by atoms with van der Waals surface area (Å²) in [7, 11) is 0. The molecule has 1 aromatic heterocycles. The predicted molar refractivity (Wildman–Crippen MR) is 63.2 cm³/mol. The molecule has 0 saturated carbocycles. The van der Waals surface area contributed by atoms with Crippen LogP contribution in [0.4, 0.5) is 0 Å². The molecule has 1 amide bonds. The molecule has 1 aliphatic rings. The van der Waals surface area contributed by atoms with Gasteiger partial charge in [0.25, 0.3) is 5.91 Å². The Morgan fingerprint density at radius 3 is 3.25 bits per heavy atom. The predicted octanol–water partition coefficient (Wildman–Crippen LogP) is 1.53. The first-order valence-electron chi connectivity index (χ1n) is 5.09. The van der Waals surface area contributed by atoms with Gasteiger partial charge in [-0.3, -0.25) is 4.79 Å². The van der Waals surface area contributed by atoms with Crippen molar-refractivity contribution in [2.75, 3.05) is 25.6 Å². The van der Waals surface area contributed by atoms with Gasteiger partial charge in [-0.25, -0.2) is 4.98 Å². The first-order chi connectivity index (χ1) is 7.70. The molecule has 6 heteroatoms. The zero-order valence-corrected chi connectivity index (χ0v) is 10.6. The van der Waals surface area contributed by atoms with E-state index in [0.29, 0.717) is 31.3 Å². The molecule has 1 unspecified atom stereocenters. The molecular weight excluding hydrogens is 248 g/mol. The van der Waals surface area contributed by atoms with E-state index >= 15 is 0 Å². The fraction of sp³-hybridized carbons (Fsp3) is 0.600. The van der Waals surface area contributed by atoms with Crippen LogP contribution < -0.4 is 0 Å². The van der Waals surface area contributed by atoms with Crippen molar-refractivity contribution in [1.29, 1.82) is 0 Å². The third kappa shape index (κ3) is 2.53. The lowest BCUT2D eigenvalue weighted by atomic mass is 10.3. The minimum atomic E-state index is -0.0564. The Kier molecular flexibility index (Phi) is 3.78. The van der Waals surface area contributed by atoms with Crippen molar-refractivity contribution < 1.29 is 9.53 Å². The lowest BCUT2D eigenvalue weighted by Gasteiger charge is -2.31. The molecule has 0 radical (unpaired) electrons. The maximum atomic E-state index is 12.0. The van der Waals surface area contributed by atoms with Crippen molar-refractivity contribution in [3.63, 3.8) is 0 Å². The highest BCUT2D eigenvalue weighted by molar-refractivity contribution is 7.09. The molecule has 16 heavy (non-hydrogen) atoms. The van der Waals surface area contributed by atoms with Crippen LogP contribution in [0.15, 0.2) is 5.38 Å². The smallest absolute Gasteiger partial charge is 0.273 e. The molecule has 1 aromatic rings. The van der Waals surface area contributed by atoms with Gasteiger partial charge in [-0.05, 0) is 6.92 Å². The van der Waals surface area contributed by atoms with Gasteiger partial charge in [0.05, 0.1) is 23.6 Å². The summed E-state index contributed by atoms with van der Waals surface area (Å²) in [6.45, 7) is 3.61. The Bertz CT molecular complexity index is 383. The highest BCUT2D eigenvalue weighted by Crippen LogP contribution is 2.13. The largest absolute Gasteiger partial charge is 0.373 e. The molecular formula is C10H13ClN2O2S. The van der Waals surface area contributed by atoms with Crippen molar-refractivity contribution in [2.45, 2.75) is 13.0 Å². The van der Waals surface area contributed by atoms with Crippen LogP contribution in [-0.2, 0) is 4.74 Å². The summed E-state index contributed by atoms with van der Waals surface area (Å²) in [6, 6.07) is 0. The number of hydrogen-bond donors (Lipinski definition) is 0. The molecule has 1 saturated heterocycles. The van der Waals surface area contributed by atoms with Crippen LogP contribution in [0.3, 0.4) is 0 Å². The summed E-state index contributed by atoms with van der Waals surface area (Å²) >= 11 is 7.21. The number of ether oxygens (including phenoxy) is 1. The number of alkyl halides is 1. The fourth-order valence-electron chi connectivity index (χ4n) is 1.62. The van der Waals surface area contributed by atoms with Gasteiger partial charge in [-0.1, -0.05) is 0 Å². The topological polar surface area (TPSA) is 42.4 Å². The molecule has 1 atom stereocenters. The van der Waals surface area contributed by atoms with Gasteiger partial charge in [-0.15, -0.1) is 22.9 Å². The second kappa shape index (κ2) is 5.12. The monoisotopic (exact) mass is 260 g/mol. The maximum absolute atomic E-state index is 12.0. The van der Waals surface area contributed by atoms with Gasteiger partial charge in [0.1, 0.15) is 5.69 Å². The average molecular weight is 261 g/mol. The van der Waals surface area contributed by atoms with E-state index in [9.17, 15) is 4.79 Å². The molecule has 0 N–H and O–H groups in total. The SMILES string of the molecule is Cc1nc(C(=O)N2CCOC(CCl)C2)cs1. The first-order valence-corrected chi connectivity index (χ1v) is 6.51. The van der Waals surface area contributed by atoms with Crippen molar-refractivity contribution in [3.05, 3.63) is 16.1 Å². The quantitative estimate of drug-likeness (QED) is 0.758. The number of carbonyl (C=O) groups excluding carboxylic acids is 1. The van der Waals surface area contributed by atoms with Gasteiger partial charge < -0.3 is 9.64 Å². The van der Waals surface area contributed by atoms with Crippen molar-refractivity contribution in [2.24, 2.45) is 0 Å². The molecule has 88 valence electrons. The van der Waals surface area contributed by atoms with Crippen molar-refractivity contribution in [3.8, 4) is 0 Å². The molecule has 0 aromatic carbocycles. The van der Waals surface area contributed by atoms with Gasteiger partial charge in [0.2, 0.25) is 0 Å². The van der Waals surface area contributed by atoms with Crippen LogP contribution in [0.5, 0.6) is 0 Å². The number of hydrogen-bond acceptors (Lipinski definition) is 4. The van der Waals surface area contributed by atoms with E-state index in [2.05, 4.69) is 4.98 Å². The second-order valence-electron chi connectivity index (χ2n) is 3.65. The van der Waals surface area contributed by atoms with Crippen LogP contribution in [0.25, 0.3) is 0 Å². The number of rotatable bonds is 2. The summed E-state index contributed by atoms with van der Waals surface area (Å²) in [4.78, 5) is 18.0. The minimum absolute atomic E-state index is 0.0252. The van der Waals surface area contributed by atoms with Crippen LogP contribution in [0.2, 0.25) is 0 Å². The normalized spacial score (nSPS) is 21.1. The molecule has 0 bridgehead atoms. The summed E-state index contributed by atoms with van der Waals surface area (Å²) in [5.74, 6) is 0.391. The summed E-state index contributed by atoms with van der Waals surface area (Å²) < 4.78 is 5.40. The number of halogens is 1. The zero-order valence-electron chi connectivity index (χ0n) is 8.98. The third-order valence-electron chi connectivity index (χ3n) is 2.44. The highest BCUT2D eigenvalue weighted by atomic mass is 35.5. The lowest BCUT2D eigenvalue weighted by Crippen LogP contribution is -2.46. The van der Waals surface area contributed by atoms with E-state index in [1.807, 2.05) is 6.92 Å². The molecule has 1 aliphatic heterocycles. The zero-order chi connectivity index (χ0) is 11.5. The van der Waals surface area contributed by atoms with Gasteiger partial charge >= 0.3 is 0 Å². The van der Waals surface area contributed by atoms with Gasteiger partial charge in [-0.2, -0.15) is 0 Å². The maximum Gasteiger partial charge on any atom is 0.273 e. The number of morpholine rings is 1. The lowest BCUT2D eigenvalue weighted by molar-refractivity contribution is -0.0109. The van der Waals surface area contributed by atoms with Crippen LogP contribution in [0.1, 0.15) is 15.5 Å². The fourth-order valence-corrected chi connectivity index (χ4v) is 2.39. The molecule has 1 fully saturated rings. The van der Waals surface area contributed by atoms with E-state index in [0.717, 1.165) is 5.01 Å². The number of thiazole rings is 1. The molecule has 0 aliphatic carbocycles. The molecule has 2 heterocycles. The van der Waals surface area contributed by atoms with Gasteiger partial charge in [0, 0.05) is 18.5 Å². The van der Waals surface area contributed by atoms with E-state index in [-0.39, 0.29) is 12.0 Å². The Hall–Kier alpha value is -0.650. The standard InChI is InChI=1S/C10H13ClN2O2S/c1-7-12-9(6-16-7)10(14)13-2-3-15-8(4-11)5-13/h6,8H,2-5H2,1H3. The van der Waals surface area contributed by atoms with Crippen molar-refractivity contribution >= 4 is 28.8 Å². The average Bonchev–Trinajstić information content (AvgIpc) is 2.75. The van der Waals surface area contributed by atoms with E-state index in [4.69, 9.17) is 16.3 Å². The Morgan fingerprint density at radius 1 is 1.81 bits per heavy atom. The minimum Gasteiger partial charge on any atom is -0.373 e. The summed E-state index contributed by atoms with van der Waals surface area (Å²) in [5, 5.41) is 2.70. The number of aryl methyl sites for hydroxylation is 1. The van der Waals surface area contributed by atoms with E-state index in [1.54, 1.807) is 10.3 Å². The summed E-state index contributed by atoms with van der Waals surface area (Å²) in [6.07, 6.45) is -0.0564. The number of aromatic nitrogens is 1. The van der Waals surface area contributed by atoms with E-state index < -0.39 is 0 Å². The Labute approximate surface area is 103 Å². The Morgan fingerprint density at radius 2 is 2.62 bits per heavy atom. The van der Waals surface area contributed by atoms with E-state index in [1.165, 1.54) is 11.3 Å². The first kappa shape index (κ1) is 11.8. The van der Waals surface area contributed by atoms with Crippen molar-refractivity contribution in [1.82, 2.24) is 9.88 Å². The van der Waals surface area contributed by atoms with Crippen LogP contribution in [0, 0.1) is 6.92 Å². The number of amides is 1. The Balaban J connectivity index is 2.04. The number of carbonyl (C=O) groups is 1. The van der Waals surface area contributed by atoms with Crippen LogP contribution >= 0.6 is 22.9 Å². The summed E-state index contributed by atoms with van der Waals surface area (Å²) in [5.41, 5.74) is 0.526. The number of nitrogens with zero attached hydrogens (tertiary/aromatic N) is 2. The molecule has 2 rings (SSSR count). The molecule has 0 spiro atoms. The third-order valence-corrected chi connectivity index (χ3v) is 3.55. The van der Waals surface area contributed by atoms with Crippen LogP contribution in [-0.4, -0.2) is 47.5 Å². The second-order valence-corrected chi connectivity index (χ2v) is 5.02. The van der Waals surface area contributed by atoms with Gasteiger partial charge in [0.15, 0.2) is 0 Å². The molecule has 4 nitrogen and oxygen atoms in total.